The van der Waals surface area contributed by atoms with Gasteiger partial charge in [-0.25, -0.2) is 9.97 Å². The van der Waals surface area contributed by atoms with E-state index in [4.69, 9.17) is 5.73 Å². The number of nitrogens with zero attached hydrogens (tertiary/aromatic N) is 3. The zero-order valence-electron chi connectivity index (χ0n) is 9.55. The summed E-state index contributed by atoms with van der Waals surface area (Å²) in [5.74, 6) is 1.59. The lowest BCUT2D eigenvalue weighted by Gasteiger charge is -2.17. The van der Waals surface area contributed by atoms with Gasteiger partial charge in [0.15, 0.2) is 5.65 Å². The van der Waals surface area contributed by atoms with Gasteiger partial charge in [0.1, 0.15) is 5.52 Å². The van der Waals surface area contributed by atoms with Crippen molar-refractivity contribution in [3.05, 3.63) is 18.3 Å². The number of nitrogen functional groups attached to an aromatic ring is 1. The quantitative estimate of drug-likeness (QED) is 0.885. The summed E-state index contributed by atoms with van der Waals surface area (Å²) in [6.45, 7) is 2.16. The highest BCUT2D eigenvalue weighted by Gasteiger charge is 2.16. The molecule has 86 valence electrons. The van der Waals surface area contributed by atoms with Gasteiger partial charge in [0.05, 0.1) is 0 Å². The molecule has 1 atom stereocenters. The van der Waals surface area contributed by atoms with E-state index in [9.17, 15) is 0 Å². The van der Waals surface area contributed by atoms with Crippen LogP contribution in [0.2, 0.25) is 0 Å². The van der Waals surface area contributed by atoms with Crippen LogP contribution in [0.15, 0.2) is 18.3 Å². The van der Waals surface area contributed by atoms with Crippen molar-refractivity contribution in [2.75, 3.05) is 17.7 Å². The lowest BCUT2D eigenvalue weighted by molar-refractivity contribution is 0.557. The molecule has 0 amide bonds. The van der Waals surface area contributed by atoms with Crippen molar-refractivity contribution in [2.24, 2.45) is 0 Å². The smallest absolute Gasteiger partial charge is 0.202 e. The highest BCUT2D eigenvalue weighted by molar-refractivity contribution is 7.98. The van der Waals surface area contributed by atoms with Crippen molar-refractivity contribution >= 4 is 28.9 Å². The summed E-state index contributed by atoms with van der Waals surface area (Å²) in [5, 5.41) is 0. The van der Waals surface area contributed by atoms with Gasteiger partial charge in [-0.15, -0.1) is 0 Å². The largest absolute Gasteiger partial charge is 0.369 e. The van der Waals surface area contributed by atoms with Gasteiger partial charge in [-0.3, -0.25) is 4.57 Å². The van der Waals surface area contributed by atoms with E-state index in [0.717, 1.165) is 23.3 Å². The van der Waals surface area contributed by atoms with Gasteiger partial charge in [-0.2, -0.15) is 11.8 Å². The fraction of sp³-hybridized carbons (Fsp3) is 0.455. The third kappa shape index (κ3) is 1.87. The van der Waals surface area contributed by atoms with Gasteiger partial charge in [0.2, 0.25) is 5.95 Å². The fourth-order valence-electron chi connectivity index (χ4n) is 1.87. The first kappa shape index (κ1) is 11.3. The topological polar surface area (TPSA) is 56.7 Å². The SMILES string of the molecule is CCC(CSC)n1c(N)nc2cccnc21. The van der Waals surface area contributed by atoms with Crippen molar-refractivity contribution in [1.82, 2.24) is 14.5 Å². The van der Waals surface area contributed by atoms with Crippen LogP contribution in [0.3, 0.4) is 0 Å². The van der Waals surface area contributed by atoms with Crippen molar-refractivity contribution in [3.63, 3.8) is 0 Å². The first-order valence-corrected chi connectivity index (χ1v) is 6.74. The van der Waals surface area contributed by atoms with Crippen LogP contribution < -0.4 is 5.73 Å². The first-order chi connectivity index (χ1) is 7.77. The third-order valence-corrected chi connectivity index (χ3v) is 3.39. The summed E-state index contributed by atoms with van der Waals surface area (Å²) in [6, 6.07) is 4.20. The first-order valence-electron chi connectivity index (χ1n) is 5.35. The predicted molar refractivity (Wildman–Crippen MR) is 69.7 cm³/mol. The second-order valence-corrected chi connectivity index (χ2v) is 4.61. The standard InChI is InChI=1S/C11H16N4S/c1-3-8(7-16-2)15-10-9(14-11(15)12)5-4-6-13-10/h4-6,8H,3,7H2,1-2H3,(H2,12,14). The molecule has 2 N–H and O–H groups in total. The van der Waals surface area contributed by atoms with Crippen LogP contribution >= 0.6 is 11.8 Å². The number of anilines is 1. The maximum atomic E-state index is 5.96. The molecule has 0 saturated carbocycles. The van der Waals surface area contributed by atoms with Gasteiger partial charge >= 0.3 is 0 Å². The van der Waals surface area contributed by atoms with E-state index in [1.54, 1.807) is 6.20 Å². The number of rotatable bonds is 4. The Kier molecular flexibility index (Phi) is 3.33. The summed E-state index contributed by atoms with van der Waals surface area (Å²) >= 11 is 1.82. The van der Waals surface area contributed by atoms with Gasteiger partial charge in [0, 0.05) is 18.0 Å². The van der Waals surface area contributed by atoms with Crippen molar-refractivity contribution in [2.45, 2.75) is 19.4 Å². The molecule has 0 radical (unpaired) electrons. The molecular weight excluding hydrogens is 220 g/mol. The molecule has 16 heavy (non-hydrogen) atoms. The highest BCUT2D eigenvalue weighted by atomic mass is 32.2. The molecule has 0 aromatic carbocycles. The van der Waals surface area contributed by atoms with E-state index in [0.29, 0.717) is 12.0 Å². The van der Waals surface area contributed by atoms with Crippen LogP contribution in [0.25, 0.3) is 11.2 Å². The summed E-state index contributed by atoms with van der Waals surface area (Å²) < 4.78 is 2.05. The number of imidazole rings is 1. The van der Waals surface area contributed by atoms with E-state index in [1.807, 2.05) is 28.5 Å². The molecule has 0 fully saturated rings. The zero-order chi connectivity index (χ0) is 11.5. The number of nitrogens with two attached hydrogens (primary N) is 1. The Morgan fingerprint density at radius 1 is 1.56 bits per heavy atom. The van der Waals surface area contributed by atoms with Gasteiger partial charge in [-0.1, -0.05) is 6.92 Å². The summed E-state index contributed by atoms with van der Waals surface area (Å²) in [6.07, 6.45) is 4.92. The Morgan fingerprint density at radius 2 is 2.38 bits per heavy atom. The molecular formula is C11H16N4S. The Labute approximate surface area is 99.3 Å². The van der Waals surface area contributed by atoms with Crippen LogP contribution in [0, 0.1) is 0 Å². The van der Waals surface area contributed by atoms with Crippen LogP contribution in [0.5, 0.6) is 0 Å². The number of thioether (sulfide) groups is 1. The average Bonchev–Trinajstić information content (AvgIpc) is 2.62. The number of hydrogen-bond donors (Lipinski definition) is 1. The number of aromatic nitrogens is 3. The second-order valence-electron chi connectivity index (χ2n) is 3.70. The predicted octanol–water partition coefficient (Wildman–Crippen LogP) is 2.33. The zero-order valence-corrected chi connectivity index (χ0v) is 10.4. The second kappa shape index (κ2) is 4.74. The summed E-state index contributed by atoms with van der Waals surface area (Å²) in [7, 11) is 0. The molecule has 2 aromatic rings. The molecule has 0 aliphatic carbocycles. The van der Waals surface area contributed by atoms with E-state index in [2.05, 4.69) is 23.1 Å². The van der Waals surface area contributed by atoms with Crippen LogP contribution in [0.4, 0.5) is 5.95 Å². The lowest BCUT2D eigenvalue weighted by atomic mass is 10.2. The van der Waals surface area contributed by atoms with E-state index >= 15 is 0 Å². The van der Waals surface area contributed by atoms with Gasteiger partial charge < -0.3 is 5.73 Å². The fourth-order valence-corrected chi connectivity index (χ4v) is 2.64. The highest BCUT2D eigenvalue weighted by Crippen LogP contribution is 2.25. The third-order valence-electron chi connectivity index (χ3n) is 2.67. The molecule has 0 aliphatic heterocycles. The van der Waals surface area contributed by atoms with Crippen LogP contribution in [-0.4, -0.2) is 26.5 Å². The minimum atomic E-state index is 0.370. The summed E-state index contributed by atoms with van der Waals surface area (Å²) in [5.41, 5.74) is 7.73. The Bertz CT molecular complexity index is 480. The molecule has 2 heterocycles. The number of pyridine rings is 1. The molecule has 4 nitrogen and oxygen atoms in total. The summed E-state index contributed by atoms with van der Waals surface area (Å²) in [4.78, 5) is 8.70. The number of fused-ring (bicyclic) bond motifs is 1. The lowest BCUT2D eigenvalue weighted by Crippen LogP contribution is -2.13. The van der Waals surface area contributed by atoms with E-state index < -0.39 is 0 Å². The van der Waals surface area contributed by atoms with Gasteiger partial charge in [0.25, 0.3) is 0 Å². The minimum Gasteiger partial charge on any atom is -0.369 e. The van der Waals surface area contributed by atoms with E-state index in [1.165, 1.54) is 0 Å². The Hall–Kier alpha value is -1.23. The Morgan fingerprint density at radius 3 is 3.06 bits per heavy atom. The maximum absolute atomic E-state index is 5.96. The van der Waals surface area contributed by atoms with Crippen molar-refractivity contribution < 1.29 is 0 Å². The molecule has 2 aromatic heterocycles. The average molecular weight is 236 g/mol. The molecule has 5 heteroatoms. The van der Waals surface area contributed by atoms with Gasteiger partial charge in [-0.05, 0) is 24.8 Å². The Balaban J connectivity index is 2.53. The molecule has 0 spiro atoms. The van der Waals surface area contributed by atoms with Crippen LogP contribution in [-0.2, 0) is 0 Å². The molecule has 0 aliphatic rings. The monoisotopic (exact) mass is 236 g/mol. The molecule has 1 unspecified atom stereocenters. The van der Waals surface area contributed by atoms with E-state index in [-0.39, 0.29) is 0 Å². The molecule has 2 rings (SSSR count). The molecule has 0 bridgehead atoms. The maximum Gasteiger partial charge on any atom is 0.202 e. The van der Waals surface area contributed by atoms with Crippen molar-refractivity contribution in [3.8, 4) is 0 Å². The molecule has 0 saturated heterocycles. The minimum absolute atomic E-state index is 0.370. The van der Waals surface area contributed by atoms with Crippen molar-refractivity contribution in [1.29, 1.82) is 0 Å². The normalized spacial score (nSPS) is 13.1. The number of hydrogen-bond acceptors (Lipinski definition) is 4. The van der Waals surface area contributed by atoms with Crippen LogP contribution in [0.1, 0.15) is 19.4 Å².